The van der Waals surface area contributed by atoms with E-state index in [2.05, 4.69) is 56.7 Å². The summed E-state index contributed by atoms with van der Waals surface area (Å²) in [7, 11) is 0. The molecule has 0 unspecified atom stereocenters. The number of morpholine rings is 1. The van der Waals surface area contributed by atoms with Gasteiger partial charge in [0, 0.05) is 42.2 Å². The molecule has 2 aromatic carbocycles. The highest BCUT2D eigenvalue weighted by Gasteiger charge is 2.26. The number of hydrogen-bond donors (Lipinski definition) is 0. The quantitative estimate of drug-likeness (QED) is 0.324. The van der Waals surface area contributed by atoms with Crippen LogP contribution < -0.4 is 4.90 Å². The van der Waals surface area contributed by atoms with Crippen LogP contribution in [0.5, 0.6) is 0 Å². The number of likely N-dealkylation sites (tertiary alicyclic amines) is 1. The fourth-order valence-electron chi connectivity index (χ4n) is 5.39. The Balaban J connectivity index is 1.13. The minimum atomic E-state index is 0.509. The van der Waals surface area contributed by atoms with Crippen LogP contribution in [0.2, 0.25) is 0 Å². The zero-order valence-electron chi connectivity index (χ0n) is 20.7. The van der Waals surface area contributed by atoms with Gasteiger partial charge in [0.15, 0.2) is 0 Å². The largest absolute Gasteiger partial charge is 0.378 e. The van der Waals surface area contributed by atoms with E-state index in [1.165, 1.54) is 16.3 Å². The van der Waals surface area contributed by atoms with Crippen LogP contribution in [0.15, 0.2) is 64.5 Å². The second-order valence-electron chi connectivity index (χ2n) is 9.68. The fourth-order valence-corrected chi connectivity index (χ4v) is 6.38. The van der Waals surface area contributed by atoms with Gasteiger partial charge in [-0.3, -0.25) is 4.90 Å². The number of aromatic nitrogens is 2. The molecular weight excluding hydrogens is 468 g/mol. The van der Waals surface area contributed by atoms with Gasteiger partial charge in [0.05, 0.1) is 29.5 Å². The minimum Gasteiger partial charge on any atom is -0.378 e. The van der Waals surface area contributed by atoms with Gasteiger partial charge in [0.2, 0.25) is 0 Å². The van der Waals surface area contributed by atoms with Gasteiger partial charge in [-0.25, -0.2) is 4.98 Å². The summed E-state index contributed by atoms with van der Waals surface area (Å²) in [5.41, 5.74) is 6.72. The van der Waals surface area contributed by atoms with Gasteiger partial charge in [-0.1, -0.05) is 53.7 Å². The first-order chi connectivity index (χ1) is 17.8. The first-order valence-electron chi connectivity index (χ1n) is 12.9. The summed E-state index contributed by atoms with van der Waals surface area (Å²) in [5, 5.41) is 7.75. The Morgan fingerprint density at radius 1 is 0.944 bits per heavy atom. The van der Waals surface area contributed by atoms with E-state index in [4.69, 9.17) is 14.2 Å². The van der Waals surface area contributed by atoms with Crippen LogP contribution in [0, 0.1) is 6.92 Å². The van der Waals surface area contributed by atoms with Gasteiger partial charge in [0.1, 0.15) is 11.5 Å². The average Bonchev–Trinajstić information content (AvgIpc) is 3.57. The third-order valence-electron chi connectivity index (χ3n) is 7.36. The van der Waals surface area contributed by atoms with Crippen LogP contribution in [0.4, 0.5) is 5.69 Å². The number of hydrogen-bond acceptors (Lipinski definition) is 7. The third kappa shape index (κ3) is 4.83. The molecule has 0 atom stereocenters. The molecule has 2 aromatic heterocycles. The molecule has 0 bridgehead atoms. The van der Waals surface area contributed by atoms with Crippen LogP contribution >= 0.6 is 11.3 Å². The molecule has 6 nitrogen and oxygen atoms in total. The normalized spacial score (nSPS) is 17.5. The zero-order chi connectivity index (χ0) is 24.3. The van der Waals surface area contributed by atoms with Crippen molar-refractivity contribution in [1.82, 2.24) is 15.0 Å². The van der Waals surface area contributed by atoms with E-state index in [1.54, 1.807) is 11.3 Å². The number of benzene rings is 2. The monoisotopic (exact) mass is 500 g/mol. The number of rotatable bonds is 6. The van der Waals surface area contributed by atoms with Crippen molar-refractivity contribution < 1.29 is 9.26 Å². The lowest BCUT2D eigenvalue weighted by molar-refractivity contribution is 0.122. The molecule has 4 aromatic rings. The summed E-state index contributed by atoms with van der Waals surface area (Å²) in [4.78, 5) is 10.2. The summed E-state index contributed by atoms with van der Waals surface area (Å²) in [6, 6.07) is 19.1. The highest BCUT2D eigenvalue weighted by molar-refractivity contribution is 7.10. The molecule has 6 rings (SSSR count). The van der Waals surface area contributed by atoms with Crippen LogP contribution in [-0.4, -0.2) is 54.4 Å². The molecule has 2 aliphatic heterocycles. The second-order valence-corrected chi connectivity index (χ2v) is 10.6. The lowest BCUT2D eigenvalue weighted by atomic mass is 9.96. The molecule has 2 aliphatic rings. The predicted molar refractivity (Wildman–Crippen MR) is 145 cm³/mol. The molecular formula is C29H32N4O2S. The molecule has 7 heteroatoms. The smallest absolute Gasteiger partial charge is 0.143 e. The lowest BCUT2D eigenvalue weighted by Crippen LogP contribution is -2.38. The number of anilines is 1. The van der Waals surface area contributed by atoms with Crippen LogP contribution in [-0.2, 0) is 11.3 Å². The molecule has 4 heterocycles. The maximum Gasteiger partial charge on any atom is 0.143 e. The van der Waals surface area contributed by atoms with Crippen molar-refractivity contribution in [2.45, 2.75) is 32.2 Å². The van der Waals surface area contributed by atoms with E-state index >= 15 is 0 Å². The third-order valence-corrected chi connectivity index (χ3v) is 8.37. The molecule has 0 saturated carbocycles. The molecule has 186 valence electrons. The first-order valence-corrected chi connectivity index (χ1v) is 13.7. The minimum absolute atomic E-state index is 0.509. The van der Waals surface area contributed by atoms with E-state index in [0.29, 0.717) is 5.92 Å². The van der Waals surface area contributed by atoms with Gasteiger partial charge in [0.25, 0.3) is 0 Å². The number of aryl methyl sites for hydroxylation is 1. The zero-order valence-corrected chi connectivity index (χ0v) is 21.5. The van der Waals surface area contributed by atoms with Gasteiger partial charge in [-0.2, -0.15) is 0 Å². The second kappa shape index (κ2) is 10.5. The highest BCUT2D eigenvalue weighted by atomic mass is 32.1. The number of ether oxygens (including phenoxy) is 1. The van der Waals surface area contributed by atoms with E-state index in [0.717, 1.165) is 87.1 Å². The molecule has 0 aliphatic carbocycles. The van der Waals surface area contributed by atoms with E-state index in [9.17, 15) is 0 Å². The van der Waals surface area contributed by atoms with Crippen molar-refractivity contribution in [3.05, 3.63) is 76.3 Å². The number of thiazole rings is 1. The van der Waals surface area contributed by atoms with E-state index < -0.39 is 0 Å². The number of piperidine rings is 1. The summed E-state index contributed by atoms with van der Waals surface area (Å²) < 4.78 is 11.1. The topological polar surface area (TPSA) is 54.6 Å². The molecule has 0 amide bonds. The molecule has 0 spiro atoms. The van der Waals surface area contributed by atoms with Crippen molar-refractivity contribution in [1.29, 1.82) is 0 Å². The van der Waals surface area contributed by atoms with Gasteiger partial charge >= 0.3 is 0 Å². The van der Waals surface area contributed by atoms with Crippen molar-refractivity contribution >= 4 is 17.0 Å². The number of para-hydroxylation sites is 1. The van der Waals surface area contributed by atoms with Crippen LogP contribution in [0.25, 0.3) is 22.5 Å². The molecule has 0 radical (unpaired) electrons. The first kappa shape index (κ1) is 23.4. The number of nitrogens with zero attached hydrogens (tertiary/aromatic N) is 4. The molecule has 36 heavy (non-hydrogen) atoms. The predicted octanol–water partition coefficient (Wildman–Crippen LogP) is 5.99. The summed E-state index contributed by atoms with van der Waals surface area (Å²) >= 11 is 1.78. The van der Waals surface area contributed by atoms with Crippen molar-refractivity contribution in [3.8, 4) is 22.5 Å². The summed E-state index contributed by atoms with van der Waals surface area (Å²) in [6.07, 6.45) is 2.28. The Bertz CT molecular complexity index is 1290. The van der Waals surface area contributed by atoms with E-state index in [-0.39, 0.29) is 0 Å². The fraction of sp³-hybridized carbons (Fsp3) is 0.379. The van der Waals surface area contributed by atoms with Crippen LogP contribution in [0.1, 0.15) is 35.1 Å². The maximum atomic E-state index is 5.58. The standard InChI is InChI=1S/C29H32N4O2S/c1-21-27(28(31-35-21)22-7-3-2-4-8-22)25-20-36-29(30-25)23-11-13-32(14-12-23)19-24-9-5-6-10-26(24)33-15-17-34-18-16-33/h2-10,20,23H,11-19H2,1H3. The SMILES string of the molecule is Cc1onc(-c2ccccc2)c1-c1csc(C2CCN(Cc3ccccc3N3CCOCC3)CC2)n1. The van der Waals surface area contributed by atoms with E-state index in [1.807, 2.05) is 25.1 Å². The summed E-state index contributed by atoms with van der Waals surface area (Å²) in [6.45, 7) is 8.75. The molecule has 2 saturated heterocycles. The van der Waals surface area contributed by atoms with Crippen molar-refractivity contribution in [2.24, 2.45) is 0 Å². The van der Waals surface area contributed by atoms with Crippen LogP contribution in [0.3, 0.4) is 0 Å². The maximum absolute atomic E-state index is 5.58. The molecule has 0 N–H and O–H groups in total. The van der Waals surface area contributed by atoms with Gasteiger partial charge in [-0.05, 0) is 44.5 Å². The lowest BCUT2D eigenvalue weighted by Gasteiger charge is -2.34. The van der Waals surface area contributed by atoms with Crippen molar-refractivity contribution in [2.75, 3.05) is 44.3 Å². The molecule has 2 fully saturated rings. The average molecular weight is 501 g/mol. The Labute approximate surface area is 216 Å². The van der Waals surface area contributed by atoms with Crippen molar-refractivity contribution in [3.63, 3.8) is 0 Å². The van der Waals surface area contributed by atoms with Gasteiger partial charge < -0.3 is 14.2 Å². The Morgan fingerprint density at radius 3 is 2.50 bits per heavy atom. The van der Waals surface area contributed by atoms with Gasteiger partial charge in [-0.15, -0.1) is 11.3 Å². The Hall–Kier alpha value is -3.00. The summed E-state index contributed by atoms with van der Waals surface area (Å²) in [5.74, 6) is 1.33. The Morgan fingerprint density at radius 2 is 1.69 bits per heavy atom. The Kier molecular flexibility index (Phi) is 6.86. The highest BCUT2D eigenvalue weighted by Crippen LogP contribution is 2.38.